The number of Topliss-reactive ketones (excluding diaryl/α,β-unsaturated/α-hetero) is 1. The van der Waals surface area contributed by atoms with Gasteiger partial charge >= 0.3 is 0 Å². The van der Waals surface area contributed by atoms with Gasteiger partial charge in [0, 0.05) is 6.42 Å². The molecule has 1 aromatic heterocycles. The van der Waals surface area contributed by atoms with E-state index in [9.17, 15) is 4.79 Å². The summed E-state index contributed by atoms with van der Waals surface area (Å²) in [5, 5.41) is 4.25. The maximum atomic E-state index is 13.5. The summed E-state index contributed by atoms with van der Waals surface area (Å²) in [7, 11) is 0. The Morgan fingerprint density at radius 1 is 1.25 bits per heavy atom. The minimum Gasteiger partial charge on any atom is -0.352 e. The van der Waals surface area contributed by atoms with Gasteiger partial charge in [-0.3, -0.25) is 4.79 Å². The van der Waals surface area contributed by atoms with Crippen molar-refractivity contribution in [3.8, 4) is 0 Å². The van der Waals surface area contributed by atoms with Crippen molar-refractivity contribution in [1.82, 2.24) is 14.8 Å². The zero-order chi connectivity index (χ0) is 20.4. The number of carbonyl (C=O) groups is 1. The molecular formula is C22H31N3O3. The Kier molecular flexibility index (Phi) is 6.01. The van der Waals surface area contributed by atoms with Crippen molar-refractivity contribution in [3.05, 3.63) is 48.0 Å². The highest BCUT2D eigenvalue weighted by molar-refractivity contribution is 5.88. The van der Waals surface area contributed by atoms with E-state index in [2.05, 4.69) is 55.1 Å². The molecule has 2 aromatic rings. The Labute approximate surface area is 167 Å². The molecule has 28 heavy (non-hydrogen) atoms. The average molecular weight is 386 g/mol. The molecule has 2 heterocycles. The smallest absolute Gasteiger partial charge is 0.168 e. The number of hydrogen-bond acceptors (Lipinski definition) is 5. The van der Waals surface area contributed by atoms with E-state index in [4.69, 9.17) is 9.47 Å². The lowest BCUT2D eigenvalue weighted by atomic mass is 9.81. The summed E-state index contributed by atoms with van der Waals surface area (Å²) in [6.07, 6.45) is 4.17. The zero-order valence-corrected chi connectivity index (χ0v) is 17.5. The molecule has 1 aromatic carbocycles. The van der Waals surface area contributed by atoms with Gasteiger partial charge in [-0.05, 0) is 29.9 Å². The molecule has 0 N–H and O–H groups in total. The van der Waals surface area contributed by atoms with Crippen LogP contribution in [-0.2, 0) is 26.1 Å². The second-order valence-corrected chi connectivity index (χ2v) is 8.93. The van der Waals surface area contributed by atoms with E-state index in [1.807, 2.05) is 13.8 Å². The van der Waals surface area contributed by atoms with Crippen LogP contribution >= 0.6 is 0 Å². The lowest BCUT2D eigenvalue weighted by molar-refractivity contribution is -0.224. The molecular weight excluding hydrogens is 354 g/mol. The Hall–Kier alpha value is -2.05. The largest absolute Gasteiger partial charge is 0.352 e. The molecule has 3 rings (SSSR count). The molecule has 1 unspecified atom stereocenters. The maximum Gasteiger partial charge on any atom is 0.168 e. The van der Waals surface area contributed by atoms with Crippen LogP contribution in [0.3, 0.4) is 0 Å². The molecule has 6 nitrogen and oxygen atoms in total. The van der Waals surface area contributed by atoms with E-state index in [0.717, 1.165) is 12.0 Å². The number of rotatable bonds is 6. The fourth-order valence-corrected chi connectivity index (χ4v) is 3.47. The van der Waals surface area contributed by atoms with E-state index in [-0.39, 0.29) is 17.5 Å². The molecule has 0 bridgehead atoms. The van der Waals surface area contributed by atoms with E-state index in [1.54, 1.807) is 11.0 Å². The molecule has 1 atom stereocenters. The van der Waals surface area contributed by atoms with Crippen molar-refractivity contribution in [2.24, 2.45) is 5.41 Å². The van der Waals surface area contributed by atoms with Gasteiger partial charge in [0.05, 0.1) is 18.6 Å². The number of nitrogens with zero attached hydrogens (tertiary/aromatic N) is 3. The highest BCUT2D eigenvalue weighted by Crippen LogP contribution is 2.32. The molecule has 1 aliphatic heterocycles. The Bertz CT molecular complexity index is 770. The van der Waals surface area contributed by atoms with Crippen LogP contribution < -0.4 is 0 Å². The first-order valence-corrected chi connectivity index (χ1v) is 9.94. The first kappa shape index (κ1) is 20.7. The lowest BCUT2D eigenvalue weighted by Crippen LogP contribution is -2.48. The van der Waals surface area contributed by atoms with Gasteiger partial charge in [-0.2, -0.15) is 5.10 Å². The van der Waals surface area contributed by atoms with Crippen LogP contribution in [0, 0.1) is 5.41 Å². The minimum atomic E-state index is -0.701. The third kappa shape index (κ3) is 4.50. The van der Waals surface area contributed by atoms with E-state index in [1.165, 1.54) is 11.9 Å². The van der Waals surface area contributed by atoms with Gasteiger partial charge in [0.2, 0.25) is 0 Å². The van der Waals surface area contributed by atoms with E-state index in [0.29, 0.717) is 19.6 Å². The molecule has 152 valence electrons. The van der Waals surface area contributed by atoms with Crippen molar-refractivity contribution in [3.63, 3.8) is 0 Å². The molecule has 0 aliphatic carbocycles. The third-order valence-electron chi connectivity index (χ3n) is 5.41. The predicted octanol–water partition coefficient (Wildman–Crippen LogP) is 3.72. The van der Waals surface area contributed by atoms with Crippen molar-refractivity contribution in [2.45, 2.75) is 65.2 Å². The summed E-state index contributed by atoms with van der Waals surface area (Å²) in [4.78, 5) is 17.5. The highest BCUT2D eigenvalue weighted by Gasteiger charge is 2.43. The quantitative estimate of drug-likeness (QED) is 0.758. The normalized spacial score (nSPS) is 24.1. The van der Waals surface area contributed by atoms with Crippen LogP contribution in [0.15, 0.2) is 36.9 Å². The summed E-state index contributed by atoms with van der Waals surface area (Å²) < 4.78 is 13.1. The zero-order valence-electron chi connectivity index (χ0n) is 17.5. The molecule has 1 saturated heterocycles. The summed E-state index contributed by atoms with van der Waals surface area (Å²) in [6, 6.07) is 8.03. The molecule has 0 saturated carbocycles. The molecule has 0 amide bonds. The summed E-state index contributed by atoms with van der Waals surface area (Å²) in [6.45, 7) is 11.2. The molecule has 0 radical (unpaired) electrons. The summed E-state index contributed by atoms with van der Waals surface area (Å²) >= 11 is 0. The Balaban J connectivity index is 1.81. The SMILES string of the molecule is CCC1OCC(C)(C(=O)C(Cc2ccc(C(C)(C)C)cc2)n2cncn2)CO1. The first-order chi connectivity index (χ1) is 13.2. The van der Waals surface area contributed by atoms with Crippen molar-refractivity contribution in [1.29, 1.82) is 0 Å². The van der Waals surface area contributed by atoms with Crippen LogP contribution in [0.4, 0.5) is 0 Å². The fourth-order valence-electron chi connectivity index (χ4n) is 3.47. The van der Waals surface area contributed by atoms with Gasteiger partial charge in [0.25, 0.3) is 0 Å². The number of hydrogen-bond donors (Lipinski definition) is 0. The number of benzene rings is 1. The lowest BCUT2D eigenvalue weighted by Gasteiger charge is -2.37. The molecule has 6 heteroatoms. The van der Waals surface area contributed by atoms with Gasteiger partial charge in [-0.25, -0.2) is 9.67 Å². The molecule has 0 spiro atoms. The van der Waals surface area contributed by atoms with Crippen molar-refractivity contribution >= 4 is 5.78 Å². The van der Waals surface area contributed by atoms with Gasteiger partial charge in [0.1, 0.15) is 18.7 Å². The van der Waals surface area contributed by atoms with Crippen LogP contribution in [0.25, 0.3) is 0 Å². The van der Waals surface area contributed by atoms with Crippen LogP contribution in [0.1, 0.15) is 58.2 Å². The van der Waals surface area contributed by atoms with Crippen molar-refractivity contribution < 1.29 is 14.3 Å². The molecule has 1 aliphatic rings. The topological polar surface area (TPSA) is 66.2 Å². The number of aromatic nitrogens is 3. The maximum absolute atomic E-state index is 13.5. The van der Waals surface area contributed by atoms with Gasteiger partial charge in [-0.15, -0.1) is 0 Å². The monoisotopic (exact) mass is 385 g/mol. The standard InChI is InChI=1S/C22H31N3O3/c1-6-19-27-12-22(5,13-28-19)20(26)18(25-15-23-14-24-25)11-16-7-9-17(10-8-16)21(2,3)4/h7-10,14-15,18-19H,6,11-13H2,1-5H3. The van der Waals surface area contributed by atoms with Gasteiger partial charge in [0.15, 0.2) is 12.1 Å². The number of ether oxygens (including phenoxy) is 2. The van der Waals surface area contributed by atoms with E-state index >= 15 is 0 Å². The van der Waals surface area contributed by atoms with E-state index < -0.39 is 11.5 Å². The summed E-state index contributed by atoms with van der Waals surface area (Å²) in [5.41, 5.74) is 1.76. The van der Waals surface area contributed by atoms with Gasteiger partial charge < -0.3 is 9.47 Å². The third-order valence-corrected chi connectivity index (χ3v) is 5.41. The second-order valence-electron chi connectivity index (χ2n) is 8.93. The minimum absolute atomic E-state index is 0.0625. The highest BCUT2D eigenvalue weighted by atomic mass is 16.7. The molecule has 1 fully saturated rings. The van der Waals surface area contributed by atoms with Gasteiger partial charge in [-0.1, -0.05) is 52.0 Å². The van der Waals surface area contributed by atoms with Crippen LogP contribution in [-0.4, -0.2) is 40.1 Å². The Morgan fingerprint density at radius 2 is 1.89 bits per heavy atom. The number of carbonyl (C=O) groups excluding carboxylic acids is 1. The predicted molar refractivity (Wildman–Crippen MR) is 107 cm³/mol. The fraction of sp³-hybridized carbons (Fsp3) is 0.591. The Morgan fingerprint density at radius 3 is 2.39 bits per heavy atom. The average Bonchev–Trinajstić information content (AvgIpc) is 3.20. The van der Waals surface area contributed by atoms with Crippen molar-refractivity contribution in [2.75, 3.05) is 13.2 Å². The first-order valence-electron chi connectivity index (χ1n) is 9.94. The number of ketones is 1. The van der Waals surface area contributed by atoms with Crippen LogP contribution in [0.5, 0.6) is 0 Å². The second kappa shape index (κ2) is 8.13. The summed E-state index contributed by atoms with van der Waals surface area (Å²) in [5.74, 6) is 0.0625. The van der Waals surface area contributed by atoms with Crippen LogP contribution in [0.2, 0.25) is 0 Å².